The zero-order chi connectivity index (χ0) is 15.0. The Kier molecular flexibility index (Phi) is 7.59. The molecule has 0 heterocycles. The second kappa shape index (κ2) is 8.95. The van der Waals surface area contributed by atoms with Gasteiger partial charge in [0.25, 0.3) is 0 Å². The smallest absolute Gasteiger partial charge is 0.119 e. The van der Waals surface area contributed by atoms with Crippen LogP contribution < -0.4 is 4.74 Å². The van der Waals surface area contributed by atoms with Gasteiger partial charge in [0, 0.05) is 13.1 Å². The summed E-state index contributed by atoms with van der Waals surface area (Å²) >= 11 is 0. The molecule has 20 heavy (non-hydrogen) atoms. The van der Waals surface area contributed by atoms with Crippen LogP contribution in [-0.2, 0) is 0 Å². The number of nitrogens with zero attached hydrogens (tertiary/aromatic N) is 1. The molecule has 0 aliphatic carbocycles. The van der Waals surface area contributed by atoms with E-state index in [1.54, 1.807) is 0 Å². The van der Waals surface area contributed by atoms with Crippen LogP contribution in [0.5, 0.6) is 5.75 Å². The van der Waals surface area contributed by atoms with E-state index >= 15 is 0 Å². The molecule has 0 aliphatic heterocycles. The molecular weight excluding hydrogens is 254 g/mol. The standard InChI is InChI=1S/C16H27NO3/c1-13(2)12-20-15-6-4-14(5-7-15)16(19)8-9-17(3)10-11-18/h4-7,13,16,18-19H,8-12H2,1-3H3. The van der Waals surface area contributed by atoms with Crippen LogP contribution in [0.15, 0.2) is 24.3 Å². The van der Waals surface area contributed by atoms with Crippen molar-refractivity contribution in [1.82, 2.24) is 4.90 Å². The minimum absolute atomic E-state index is 0.147. The monoisotopic (exact) mass is 281 g/mol. The lowest BCUT2D eigenvalue weighted by molar-refractivity contribution is 0.141. The van der Waals surface area contributed by atoms with Gasteiger partial charge >= 0.3 is 0 Å². The summed E-state index contributed by atoms with van der Waals surface area (Å²) in [6, 6.07) is 7.62. The maximum absolute atomic E-state index is 10.1. The normalized spacial score (nSPS) is 12.9. The molecule has 1 atom stereocenters. The van der Waals surface area contributed by atoms with Crippen molar-refractivity contribution in [3.05, 3.63) is 29.8 Å². The molecule has 4 heteroatoms. The van der Waals surface area contributed by atoms with Gasteiger partial charge in [-0.3, -0.25) is 0 Å². The Morgan fingerprint density at radius 1 is 1.15 bits per heavy atom. The van der Waals surface area contributed by atoms with Crippen LogP contribution in [0.2, 0.25) is 0 Å². The predicted molar refractivity (Wildman–Crippen MR) is 80.9 cm³/mol. The average Bonchev–Trinajstić information content (AvgIpc) is 2.43. The van der Waals surface area contributed by atoms with Gasteiger partial charge in [0.1, 0.15) is 5.75 Å². The maximum atomic E-state index is 10.1. The summed E-state index contributed by atoms with van der Waals surface area (Å²) in [6.07, 6.45) is 0.179. The van der Waals surface area contributed by atoms with Crippen molar-refractivity contribution in [2.24, 2.45) is 5.92 Å². The topological polar surface area (TPSA) is 52.9 Å². The Hall–Kier alpha value is -1.10. The van der Waals surface area contributed by atoms with E-state index in [-0.39, 0.29) is 6.61 Å². The van der Waals surface area contributed by atoms with Crippen molar-refractivity contribution in [2.75, 3.05) is 33.4 Å². The van der Waals surface area contributed by atoms with Gasteiger partial charge in [-0.05, 0) is 37.1 Å². The quantitative estimate of drug-likeness (QED) is 0.727. The van der Waals surface area contributed by atoms with Crippen molar-refractivity contribution in [1.29, 1.82) is 0 Å². The molecule has 1 unspecified atom stereocenters. The molecule has 1 rings (SSSR count). The minimum atomic E-state index is -0.477. The Bertz CT molecular complexity index is 364. The van der Waals surface area contributed by atoms with Crippen LogP contribution >= 0.6 is 0 Å². The summed E-state index contributed by atoms with van der Waals surface area (Å²) in [4.78, 5) is 2.00. The van der Waals surface area contributed by atoms with Crippen LogP contribution in [0.1, 0.15) is 31.9 Å². The third-order valence-corrected chi connectivity index (χ3v) is 3.11. The number of aliphatic hydroxyl groups excluding tert-OH is 2. The van der Waals surface area contributed by atoms with Gasteiger partial charge in [0.15, 0.2) is 0 Å². The highest BCUT2D eigenvalue weighted by Crippen LogP contribution is 2.20. The summed E-state index contributed by atoms with van der Waals surface area (Å²) in [5, 5.41) is 18.9. The van der Waals surface area contributed by atoms with E-state index in [0.29, 0.717) is 25.5 Å². The van der Waals surface area contributed by atoms with E-state index in [9.17, 15) is 5.11 Å². The van der Waals surface area contributed by atoms with Gasteiger partial charge in [-0.25, -0.2) is 0 Å². The van der Waals surface area contributed by atoms with E-state index in [1.165, 1.54) is 0 Å². The van der Waals surface area contributed by atoms with E-state index in [1.807, 2.05) is 36.2 Å². The average molecular weight is 281 g/mol. The Labute approximate surface area is 122 Å². The number of likely N-dealkylation sites (N-methyl/N-ethyl adjacent to an activating group) is 1. The fraction of sp³-hybridized carbons (Fsp3) is 0.625. The molecule has 2 N–H and O–H groups in total. The van der Waals surface area contributed by atoms with Crippen LogP contribution in [0.4, 0.5) is 0 Å². The molecule has 0 saturated heterocycles. The van der Waals surface area contributed by atoms with Gasteiger partial charge in [0.05, 0.1) is 19.3 Å². The molecule has 4 nitrogen and oxygen atoms in total. The summed E-state index contributed by atoms with van der Waals surface area (Å²) in [5.74, 6) is 1.34. The molecule has 114 valence electrons. The molecule has 1 aromatic carbocycles. The third-order valence-electron chi connectivity index (χ3n) is 3.11. The van der Waals surface area contributed by atoms with Gasteiger partial charge < -0.3 is 19.8 Å². The number of benzene rings is 1. The number of ether oxygens (including phenoxy) is 1. The molecule has 0 aromatic heterocycles. The van der Waals surface area contributed by atoms with Crippen LogP contribution in [0.25, 0.3) is 0 Å². The Balaban J connectivity index is 2.42. The zero-order valence-corrected chi connectivity index (χ0v) is 12.7. The van der Waals surface area contributed by atoms with E-state index < -0.39 is 6.10 Å². The van der Waals surface area contributed by atoms with Crippen LogP contribution in [-0.4, -0.2) is 48.5 Å². The summed E-state index contributed by atoms with van der Waals surface area (Å²) in [7, 11) is 1.94. The van der Waals surface area contributed by atoms with Gasteiger partial charge in [-0.2, -0.15) is 0 Å². The highest BCUT2D eigenvalue weighted by molar-refractivity contribution is 5.28. The number of rotatable bonds is 9. The van der Waals surface area contributed by atoms with Crippen molar-refractivity contribution in [3.63, 3.8) is 0 Å². The number of hydrogen-bond donors (Lipinski definition) is 2. The molecule has 1 aromatic rings. The number of aliphatic hydroxyl groups is 2. The highest BCUT2D eigenvalue weighted by Gasteiger charge is 2.09. The lowest BCUT2D eigenvalue weighted by Gasteiger charge is -2.18. The summed E-state index contributed by atoms with van der Waals surface area (Å²) < 4.78 is 5.61. The molecule has 0 bridgehead atoms. The second-order valence-electron chi connectivity index (χ2n) is 5.61. The molecule has 0 fully saturated rings. The first-order chi connectivity index (χ1) is 9.52. The van der Waals surface area contributed by atoms with E-state index in [2.05, 4.69) is 13.8 Å². The fourth-order valence-corrected chi connectivity index (χ4v) is 1.84. The summed E-state index contributed by atoms with van der Waals surface area (Å²) in [5.41, 5.74) is 0.902. The first kappa shape index (κ1) is 17.0. The van der Waals surface area contributed by atoms with Crippen molar-refractivity contribution < 1.29 is 14.9 Å². The molecule has 0 spiro atoms. The minimum Gasteiger partial charge on any atom is -0.493 e. The first-order valence-corrected chi connectivity index (χ1v) is 7.23. The summed E-state index contributed by atoms with van der Waals surface area (Å²) in [6.45, 7) is 6.46. The highest BCUT2D eigenvalue weighted by atomic mass is 16.5. The largest absolute Gasteiger partial charge is 0.493 e. The molecule has 0 saturated carbocycles. The fourth-order valence-electron chi connectivity index (χ4n) is 1.84. The molecule has 0 aliphatic rings. The SMILES string of the molecule is CC(C)COc1ccc(C(O)CCN(C)CCO)cc1. The number of hydrogen-bond acceptors (Lipinski definition) is 4. The molecule has 0 radical (unpaired) electrons. The molecule has 0 amide bonds. The van der Waals surface area contributed by atoms with E-state index in [4.69, 9.17) is 9.84 Å². The third kappa shape index (κ3) is 6.37. The Morgan fingerprint density at radius 2 is 1.80 bits per heavy atom. The van der Waals surface area contributed by atoms with Gasteiger partial charge in [-0.15, -0.1) is 0 Å². The van der Waals surface area contributed by atoms with Gasteiger partial charge in [-0.1, -0.05) is 26.0 Å². The van der Waals surface area contributed by atoms with E-state index in [0.717, 1.165) is 17.9 Å². The van der Waals surface area contributed by atoms with Crippen molar-refractivity contribution in [3.8, 4) is 5.75 Å². The maximum Gasteiger partial charge on any atom is 0.119 e. The first-order valence-electron chi connectivity index (χ1n) is 7.23. The van der Waals surface area contributed by atoms with Crippen LogP contribution in [0, 0.1) is 5.92 Å². The van der Waals surface area contributed by atoms with Crippen molar-refractivity contribution in [2.45, 2.75) is 26.4 Å². The lowest BCUT2D eigenvalue weighted by atomic mass is 10.1. The predicted octanol–water partition coefficient (Wildman–Crippen LogP) is 2.07. The second-order valence-corrected chi connectivity index (χ2v) is 5.61. The molecular formula is C16H27NO3. The Morgan fingerprint density at radius 3 is 2.35 bits per heavy atom. The van der Waals surface area contributed by atoms with Crippen LogP contribution in [0.3, 0.4) is 0 Å². The zero-order valence-electron chi connectivity index (χ0n) is 12.7. The van der Waals surface area contributed by atoms with Gasteiger partial charge in [0.2, 0.25) is 0 Å². The lowest BCUT2D eigenvalue weighted by Crippen LogP contribution is -2.24. The van der Waals surface area contributed by atoms with Crippen molar-refractivity contribution >= 4 is 0 Å².